The summed E-state index contributed by atoms with van der Waals surface area (Å²) in [6, 6.07) is 0. The Morgan fingerprint density at radius 3 is 3.00 bits per heavy atom. The van der Waals surface area contributed by atoms with E-state index in [0.717, 1.165) is 19.5 Å². The lowest BCUT2D eigenvalue weighted by molar-refractivity contribution is -0.129. The third kappa shape index (κ3) is 3.12. The molecule has 4 nitrogen and oxygen atoms in total. The fraction of sp³-hybridized carbons (Fsp3) is 0.700. The number of amides is 1. The van der Waals surface area contributed by atoms with E-state index in [4.69, 9.17) is 4.74 Å². The molecular formula is C10H18N2O2. The van der Waals surface area contributed by atoms with Crippen LogP contribution in [0.1, 0.15) is 6.42 Å². The Labute approximate surface area is 84.9 Å². The van der Waals surface area contributed by atoms with Crippen molar-refractivity contribution in [3.63, 3.8) is 0 Å². The lowest BCUT2D eigenvalue weighted by Gasteiger charge is -2.26. The lowest BCUT2D eigenvalue weighted by atomic mass is 10.1. The highest BCUT2D eigenvalue weighted by Gasteiger charge is 2.15. The summed E-state index contributed by atoms with van der Waals surface area (Å²) < 4.78 is 5.04. The highest BCUT2D eigenvalue weighted by molar-refractivity contribution is 5.78. The summed E-state index contributed by atoms with van der Waals surface area (Å²) in [6.45, 7) is 2.65. The van der Waals surface area contributed by atoms with E-state index in [-0.39, 0.29) is 5.91 Å². The van der Waals surface area contributed by atoms with E-state index in [0.29, 0.717) is 13.2 Å². The van der Waals surface area contributed by atoms with Gasteiger partial charge in [0.25, 0.3) is 0 Å². The van der Waals surface area contributed by atoms with Crippen molar-refractivity contribution in [2.24, 2.45) is 0 Å². The molecule has 0 aromatic rings. The molecule has 0 unspecified atom stereocenters. The van der Waals surface area contributed by atoms with Crippen LogP contribution in [-0.2, 0) is 9.53 Å². The van der Waals surface area contributed by atoms with Gasteiger partial charge < -0.3 is 15.0 Å². The molecule has 0 aliphatic carbocycles. The molecule has 0 fully saturated rings. The van der Waals surface area contributed by atoms with E-state index in [2.05, 4.69) is 11.4 Å². The van der Waals surface area contributed by atoms with Crippen molar-refractivity contribution in [2.75, 3.05) is 40.4 Å². The highest BCUT2D eigenvalue weighted by atomic mass is 16.5. The third-order valence-electron chi connectivity index (χ3n) is 2.31. The summed E-state index contributed by atoms with van der Waals surface area (Å²) in [5.41, 5.74) is 1.29. The van der Waals surface area contributed by atoms with Crippen LogP contribution in [-0.4, -0.2) is 51.2 Å². The quantitative estimate of drug-likeness (QED) is 0.647. The number of ether oxygens (including phenoxy) is 1. The summed E-state index contributed by atoms with van der Waals surface area (Å²) >= 11 is 0. The number of nitrogens with one attached hydrogen (secondary N) is 1. The zero-order valence-corrected chi connectivity index (χ0v) is 8.88. The van der Waals surface area contributed by atoms with Crippen molar-refractivity contribution in [1.82, 2.24) is 10.2 Å². The minimum atomic E-state index is 0.167. The van der Waals surface area contributed by atoms with Crippen molar-refractivity contribution in [3.8, 4) is 0 Å². The summed E-state index contributed by atoms with van der Waals surface area (Å²) in [5.74, 6) is 0.167. The SMILES string of the molecule is CNCC(=O)N1CC=C(COC)CC1. The number of nitrogens with zero attached hydrogens (tertiary/aromatic N) is 1. The molecule has 0 aromatic heterocycles. The van der Waals surface area contributed by atoms with Gasteiger partial charge in [-0.1, -0.05) is 6.08 Å². The second-order valence-electron chi connectivity index (χ2n) is 3.42. The second kappa shape index (κ2) is 5.78. The third-order valence-corrected chi connectivity index (χ3v) is 2.31. The van der Waals surface area contributed by atoms with Crippen LogP contribution < -0.4 is 5.32 Å². The molecule has 0 aromatic carbocycles. The van der Waals surface area contributed by atoms with E-state index in [9.17, 15) is 4.79 Å². The predicted molar refractivity (Wildman–Crippen MR) is 55.1 cm³/mol. The van der Waals surface area contributed by atoms with Crippen LogP contribution in [0, 0.1) is 0 Å². The number of hydrogen-bond acceptors (Lipinski definition) is 3. The van der Waals surface area contributed by atoms with E-state index in [1.54, 1.807) is 14.2 Å². The topological polar surface area (TPSA) is 41.6 Å². The summed E-state index contributed by atoms with van der Waals surface area (Å²) in [6.07, 6.45) is 3.02. The Morgan fingerprint density at radius 2 is 2.50 bits per heavy atom. The first-order valence-electron chi connectivity index (χ1n) is 4.87. The molecule has 1 aliphatic heterocycles. The fourth-order valence-corrected chi connectivity index (χ4v) is 1.52. The van der Waals surface area contributed by atoms with E-state index in [1.165, 1.54) is 5.57 Å². The average molecular weight is 198 g/mol. The van der Waals surface area contributed by atoms with Crippen molar-refractivity contribution < 1.29 is 9.53 Å². The van der Waals surface area contributed by atoms with E-state index >= 15 is 0 Å². The van der Waals surface area contributed by atoms with Crippen LogP contribution >= 0.6 is 0 Å². The lowest BCUT2D eigenvalue weighted by Crippen LogP contribution is -2.40. The summed E-state index contributed by atoms with van der Waals surface area (Å²) in [7, 11) is 3.48. The molecule has 14 heavy (non-hydrogen) atoms. The maximum Gasteiger partial charge on any atom is 0.236 e. The summed E-state index contributed by atoms with van der Waals surface area (Å²) in [4.78, 5) is 13.3. The Morgan fingerprint density at radius 1 is 1.71 bits per heavy atom. The zero-order valence-electron chi connectivity index (χ0n) is 8.88. The maximum atomic E-state index is 11.5. The van der Waals surface area contributed by atoms with Crippen molar-refractivity contribution in [1.29, 1.82) is 0 Å². The molecule has 4 heteroatoms. The number of rotatable bonds is 4. The Hall–Kier alpha value is -0.870. The van der Waals surface area contributed by atoms with Crippen LogP contribution in [0.25, 0.3) is 0 Å². The second-order valence-corrected chi connectivity index (χ2v) is 3.42. The minimum absolute atomic E-state index is 0.167. The van der Waals surface area contributed by atoms with Gasteiger partial charge in [0.05, 0.1) is 13.2 Å². The zero-order chi connectivity index (χ0) is 10.4. The molecule has 0 saturated carbocycles. The normalized spacial score (nSPS) is 16.7. The van der Waals surface area contributed by atoms with Crippen LogP contribution in [0.15, 0.2) is 11.6 Å². The standard InChI is InChI=1S/C10H18N2O2/c1-11-7-10(13)12-5-3-9(4-6-12)8-14-2/h3,11H,4-8H2,1-2H3. The largest absolute Gasteiger partial charge is 0.380 e. The molecule has 0 spiro atoms. The molecule has 80 valence electrons. The number of methoxy groups -OCH3 is 1. The smallest absolute Gasteiger partial charge is 0.236 e. The first-order valence-corrected chi connectivity index (χ1v) is 4.87. The van der Waals surface area contributed by atoms with Gasteiger partial charge in [-0.05, 0) is 19.0 Å². The van der Waals surface area contributed by atoms with Crippen LogP contribution in [0.5, 0.6) is 0 Å². The molecule has 1 rings (SSSR count). The molecule has 0 atom stereocenters. The fourth-order valence-electron chi connectivity index (χ4n) is 1.52. The van der Waals surface area contributed by atoms with Crippen molar-refractivity contribution >= 4 is 5.91 Å². The molecular weight excluding hydrogens is 180 g/mol. The molecule has 1 N–H and O–H groups in total. The van der Waals surface area contributed by atoms with Crippen LogP contribution in [0.2, 0.25) is 0 Å². The van der Waals surface area contributed by atoms with Gasteiger partial charge in [-0.15, -0.1) is 0 Å². The van der Waals surface area contributed by atoms with Gasteiger partial charge in [0.1, 0.15) is 0 Å². The van der Waals surface area contributed by atoms with Gasteiger partial charge in [-0.2, -0.15) is 0 Å². The molecule has 0 bridgehead atoms. The minimum Gasteiger partial charge on any atom is -0.380 e. The van der Waals surface area contributed by atoms with Gasteiger partial charge in [-0.25, -0.2) is 0 Å². The number of hydrogen-bond donors (Lipinski definition) is 1. The number of carbonyl (C=O) groups is 1. The van der Waals surface area contributed by atoms with E-state index < -0.39 is 0 Å². The Balaban J connectivity index is 2.38. The molecule has 1 amide bonds. The number of carbonyl (C=O) groups excluding carboxylic acids is 1. The molecule has 0 radical (unpaired) electrons. The maximum absolute atomic E-state index is 11.5. The molecule has 1 aliphatic rings. The number of likely N-dealkylation sites (N-methyl/N-ethyl adjacent to an activating group) is 1. The van der Waals surface area contributed by atoms with Gasteiger partial charge in [0, 0.05) is 20.2 Å². The van der Waals surface area contributed by atoms with Gasteiger partial charge in [0.15, 0.2) is 0 Å². The monoisotopic (exact) mass is 198 g/mol. The van der Waals surface area contributed by atoms with Gasteiger partial charge in [-0.3, -0.25) is 4.79 Å². The average Bonchev–Trinajstić information content (AvgIpc) is 2.20. The van der Waals surface area contributed by atoms with E-state index in [1.807, 2.05) is 4.90 Å². The first-order chi connectivity index (χ1) is 6.77. The van der Waals surface area contributed by atoms with Crippen LogP contribution in [0.3, 0.4) is 0 Å². The first kappa shape index (κ1) is 11.2. The molecule has 0 saturated heterocycles. The summed E-state index contributed by atoms with van der Waals surface area (Å²) in [5, 5.41) is 2.86. The molecule has 1 heterocycles. The van der Waals surface area contributed by atoms with Crippen molar-refractivity contribution in [2.45, 2.75) is 6.42 Å². The Kier molecular flexibility index (Phi) is 4.62. The van der Waals surface area contributed by atoms with Crippen molar-refractivity contribution in [3.05, 3.63) is 11.6 Å². The van der Waals surface area contributed by atoms with Gasteiger partial charge >= 0.3 is 0 Å². The highest BCUT2D eigenvalue weighted by Crippen LogP contribution is 2.10. The Bertz CT molecular complexity index is 226. The van der Waals surface area contributed by atoms with Gasteiger partial charge in [0.2, 0.25) is 5.91 Å². The van der Waals surface area contributed by atoms with Crippen LogP contribution in [0.4, 0.5) is 0 Å². The predicted octanol–water partition coefficient (Wildman–Crippen LogP) is 0.0109.